The Morgan fingerprint density at radius 2 is 1.90 bits per heavy atom. The fourth-order valence-electron chi connectivity index (χ4n) is 1.94. The van der Waals surface area contributed by atoms with Gasteiger partial charge >= 0.3 is 5.97 Å². The van der Waals surface area contributed by atoms with E-state index in [9.17, 15) is 4.79 Å². The summed E-state index contributed by atoms with van der Waals surface area (Å²) in [5.41, 5.74) is 0.306. The van der Waals surface area contributed by atoms with E-state index in [1.54, 1.807) is 26.0 Å². The average Bonchev–Trinajstić information content (AvgIpc) is 2.90. The van der Waals surface area contributed by atoms with Crippen LogP contribution in [0.2, 0.25) is 5.02 Å². The van der Waals surface area contributed by atoms with Crippen molar-refractivity contribution >= 4 is 17.6 Å². The zero-order valence-corrected chi connectivity index (χ0v) is 11.4. The van der Waals surface area contributed by atoms with Crippen molar-refractivity contribution in [2.75, 3.05) is 0 Å². The monoisotopic (exact) mass is 295 g/mol. The minimum absolute atomic E-state index is 0.186. The van der Waals surface area contributed by atoms with E-state index in [0.29, 0.717) is 22.1 Å². The first kappa shape index (κ1) is 12.8. The largest absolute Gasteiger partial charge is 0.476 e. The third kappa shape index (κ3) is 2.08. The number of aromatic carboxylic acids is 1. The minimum atomic E-state index is -1.17. The summed E-state index contributed by atoms with van der Waals surface area (Å²) in [5.74, 6) is -0.635. The van der Waals surface area contributed by atoms with Gasteiger partial charge in [0.1, 0.15) is 0 Å². The molecule has 6 nitrogen and oxygen atoms in total. The maximum atomic E-state index is 10.8. The van der Waals surface area contributed by atoms with E-state index in [0.717, 1.165) is 0 Å². The third-order valence-corrected chi connectivity index (χ3v) is 3.05. The molecule has 0 radical (unpaired) electrons. The lowest BCUT2D eigenvalue weighted by Crippen LogP contribution is -2.29. The number of hydrogen-bond acceptors (Lipinski definition) is 5. The number of carboxylic acid groups (broad SMARTS) is 1. The van der Waals surface area contributed by atoms with Crippen LogP contribution < -0.4 is 9.47 Å². The molecule has 0 saturated carbocycles. The van der Waals surface area contributed by atoms with Crippen molar-refractivity contribution in [3.05, 3.63) is 28.9 Å². The molecule has 0 atom stereocenters. The minimum Gasteiger partial charge on any atom is -0.476 e. The van der Waals surface area contributed by atoms with Crippen LogP contribution >= 0.6 is 11.6 Å². The number of aromatic nitrogens is 1. The number of benzene rings is 1. The van der Waals surface area contributed by atoms with Gasteiger partial charge in [0, 0.05) is 31.5 Å². The van der Waals surface area contributed by atoms with Crippen LogP contribution in [0, 0.1) is 0 Å². The Balaban J connectivity index is 2.05. The van der Waals surface area contributed by atoms with Gasteiger partial charge in [0.15, 0.2) is 23.0 Å². The van der Waals surface area contributed by atoms with E-state index in [4.69, 9.17) is 30.7 Å². The number of fused-ring (bicyclic) bond motifs is 1. The van der Waals surface area contributed by atoms with Gasteiger partial charge < -0.3 is 19.1 Å². The van der Waals surface area contributed by atoms with Crippen molar-refractivity contribution in [1.82, 2.24) is 5.16 Å². The summed E-state index contributed by atoms with van der Waals surface area (Å²) in [4.78, 5) is 10.8. The Bertz CT molecular complexity index is 707. The molecule has 1 aromatic heterocycles. The number of carboxylic acids is 1. The highest BCUT2D eigenvalue weighted by Crippen LogP contribution is 2.45. The summed E-state index contributed by atoms with van der Waals surface area (Å²) in [6.07, 6.45) is 0. The summed E-state index contributed by atoms with van der Waals surface area (Å²) in [6, 6.07) is 4.54. The number of hydrogen-bond donors (Lipinski definition) is 1. The normalized spacial score (nSPS) is 15.3. The predicted molar refractivity (Wildman–Crippen MR) is 69.2 cm³/mol. The second-order valence-corrected chi connectivity index (χ2v) is 5.17. The lowest BCUT2D eigenvalue weighted by molar-refractivity contribution is -0.0431. The molecule has 0 unspecified atom stereocenters. The summed E-state index contributed by atoms with van der Waals surface area (Å²) in [7, 11) is 0. The van der Waals surface area contributed by atoms with Crippen molar-refractivity contribution in [1.29, 1.82) is 0 Å². The molecule has 0 spiro atoms. The number of ether oxygens (including phenoxy) is 2. The zero-order valence-electron chi connectivity index (χ0n) is 10.6. The Morgan fingerprint density at radius 1 is 1.25 bits per heavy atom. The number of rotatable bonds is 2. The SMILES string of the molecule is CC1(C)Oc2cc(Cl)c(-c3cc(C(=O)O)no3)cc2O1. The molecule has 7 heteroatoms. The van der Waals surface area contributed by atoms with Gasteiger partial charge in [0.2, 0.25) is 5.79 Å². The van der Waals surface area contributed by atoms with E-state index in [1.165, 1.54) is 6.07 Å². The van der Waals surface area contributed by atoms with Gasteiger partial charge in [-0.1, -0.05) is 16.8 Å². The Kier molecular flexibility index (Phi) is 2.65. The van der Waals surface area contributed by atoms with Crippen LogP contribution in [0.25, 0.3) is 11.3 Å². The Labute approximate surface area is 118 Å². The van der Waals surface area contributed by atoms with Crippen LogP contribution in [0.4, 0.5) is 0 Å². The molecule has 3 rings (SSSR count). The summed E-state index contributed by atoms with van der Waals surface area (Å²) >= 11 is 6.15. The first-order chi connectivity index (χ1) is 9.35. The standard InChI is InChI=1S/C13H10ClNO5/c1-13(2)18-10-3-6(7(14)4-11(10)19-13)9-5-8(12(16)17)15-20-9/h3-5H,1-2H3,(H,16,17). The first-order valence-corrected chi connectivity index (χ1v) is 6.15. The zero-order chi connectivity index (χ0) is 14.5. The van der Waals surface area contributed by atoms with Crippen molar-refractivity contribution in [2.24, 2.45) is 0 Å². The molecule has 1 N–H and O–H groups in total. The lowest BCUT2D eigenvalue weighted by atomic mass is 10.1. The van der Waals surface area contributed by atoms with Gasteiger partial charge in [0.05, 0.1) is 5.02 Å². The number of nitrogens with zero attached hydrogens (tertiary/aromatic N) is 1. The average molecular weight is 296 g/mol. The predicted octanol–water partition coefficient (Wildman–Crippen LogP) is 3.20. The van der Waals surface area contributed by atoms with Gasteiger partial charge in [-0.05, 0) is 6.07 Å². The van der Waals surface area contributed by atoms with Crippen LogP contribution in [0.15, 0.2) is 22.7 Å². The van der Waals surface area contributed by atoms with E-state index in [2.05, 4.69) is 5.16 Å². The van der Waals surface area contributed by atoms with Gasteiger partial charge in [-0.15, -0.1) is 0 Å². The molecule has 2 aromatic rings. The van der Waals surface area contributed by atoms with Gasteiger partial charge in [-0.2, -0.15) is 0 Å². The maximum absolute atomic E-state index is 10.8. The molecule has 0 aliphatic carbocycles. The van der Waals surface area contributed by atoms with Crippen LogP contribution in [0.1, 0.15) is 24.3 Å². The first-order valence-electron chi connectivity index (χ1n) is 5.78. The summed E-state index contributed by atoms with van der Waals surface area (Å²) < 4.78 is 16.2. The Morgan fingerprint density at radius 3 is 2.50 bits per heavy atom. The summed E-state index contributed by atoms with van der Waals surface area (Å²) in [6.45, 7) is 3.55. The second kappa shape index (κ2) is 4.14. The molecule has 0 saturated heterocycles. The van der Waals surface area contributed by atoms with Crippen LogP contribution in [-0.4, -0.2) is 22.0 Å². The highest BCUT2D eigenvalue weighted by molar-refractivity contribution is 6.33. The van der Waals surface area contributed by atoms with Crippen LogP contribution in [-0.2, 0) is 0 Å². The van der Waals surface area contributed by atoms with Crippen molar-refractivity contribution < 1.29 is 23.9 Å². The van der Waals surface area contributed by atoms with Crippen molar-refractivity contribution in [3.8, 4) is 22.8 Å². The molecule has 20 heavy (non-hydrogen) atoms. The smallest absolute Gasteiger partial charge is 0.358 e. The quantitative estimate of drug-likeness (QED) is 0.916. The highest BCUT2D eigenvalue weighted by Gasteiger charge is 2.33. The molecule has 104 valence electrons. The summed E-state index contributed by atoms with van der Waals surface area (Å²) in [5, 5.41) is 12.6. The molecule has 0 bridgehead atoms. The molecule has 0 amide bonds. The van der Waals surface area contributed by atoms with E-state index < -0.39 is 11.8 Å². The molecular weight excluding hydrogens is 286 g/mol. The fourth-order valence-corrected chi connectivity index (χ4v) is 2.18. The van der Waals surface area contributed by atoms with Crippen LogP contribution in [0.5, 0.6) is 11.5 Å². The second-order valence-electron chi connectivity index (χ2n) is 4.76. The molecule has 1 aromatic carbocycles. The maximum Gasteiger partial charge on any atom is 0.358 e. The van der Waals surface area contributed by atoms with Crippen molar-refractivity contribution in [3.63, 3.8) is 0 Å². The molecule has 1 aliphatic rings. The topological polar surface area (TPSA) is 81.8 Å². The molecule has 2 heterocycles. The number of halogens is 1. The van der Waals surface area contributed by atoms with E-state index >= 15 is 0 Å². The highest BCUT2D eigenvalue weighted by atomic mass is 35.5. The Hall–Kier alpha value is -2.21. The van der Waals surface area contributed by atoms with E-state index in [1.807, 2.05) is 0 Å². The third-order valence-electron chi connectivity index (χ3n) is 2.74. The van der Waals surface area contributed by atoms with Gasteiger partial charge in [-0.25, -0.2) is 4.79 Å². The van der Waals surface area contributed by atoms with Gasteiger partial charge in [-0.3, -0.25) is 0 Å². The van der Waals surface area contributed by atoms with Crippen LogP contribution in [0.3, 0.4) is 0 Å². The molecular formula is C13H10ClNO5. The number of carbonyl (C=O) groups is 1. The van der Waals surface area contributed by atoms with E-state index in [-0.39, 0.29) is 11.5 Å². The van der Waals surface area contributed by atoms with Gasteiger partial charge in [0.25, 0.3) is 0 Å². The van der Waals surface area contributed by atoms with Crippen molar-refractivity contribution in [2.45, 2.75) is 19.6 Å². The fraction of sp³-hybridized carbons (Fsp3) is 0.231. The lowest BCUT2D eigenvalue weighted by Gasteiger charge is -2.16. The molecule has 0 fully saturated rings. The molecule has 1 aliphatic heterocycles.